The molecule has 20 heavy (non-hydrogen) atoms. The molecular weight excluding hydrogens is 248 g/mol. The van der Waals surface area contributed by atoms with Crippen LogP contribution in [-0.2, 0) is 0 Å². The third kappa shape index (κ3) is 3.97. The first-order valence-corrected chi connectivity index (χ1v) is 7.67. The number of hydrogen-bond donors (Lipinski definition) is 1. The average Bonchev–Trinajstić information content (AvgIpc) is 2.42. The predicted octanol–water partition coefficient (Wildman–Crippen LogP) is 2.73. The smallest absolute Gasteiger partial charge is 0.122 e. The van der Waals surface area contributed by atoms with Gasteiger partial charge >= 0.3 is 0 Å². The van der Waals surface area contributed by atoms with Gasteiger partial charge in [0, 0.05) is 25.0 Å². The number of para-hydroxylation sites is 1. The van der Waals surface area contributed by atoms with Crippen molar-refractivity contribution in [3.8, 4) is 5.75 Å². The van der Waals surface area contributed by atoms with Gasteiger partial charge in [0.25, 0.3) is 0 Å². The molecule has 0 amide bonds. The monoisotopic (exact) mass is 276 g/mol. The number of ether oxygens (including phenoxy) is 1. The number of hydrogen-bond acceptors (Lipinski definition) is 3. The van der Waals surface area contributed by atoms with E-state index in [0.717, 1.165) is 31.9 Å². The summed E-state index contributed by atoms with van der Waals surface area (Å²) in [5.41, 5.74) is 1.36. The highest BCUT2D eigenvalue weighted by Crippen LogP contribution is 2.32. The standard InChI is InChI=1S/C17H28N2O/c1-13(2)16(12-19(3)4)18-11-14-9-10-20-17-8-6-5-7-15(14)17/h5-8,13-14,16,18H,9-12H2,1-4H3. The van der Waals surface area contributed by atoms with Crippen LogP contribution in [-0.4, -0.2) is 44.7 Å². The fraction of sp³-hybridized carbons (Fsp3) is 0.647. The molecule has 1 heterocycles. The van der Waals surface area contributed by atoms with Gasteiger partial charge in [-0.3, -0.25) is 0 Å². The minimum absolute atomic E-state index is 0.542. The predicted molar refractivity (Wildman–Crippen MR) is 84.5 cm³/mol. The molecule has 1 aliphatic heterocycles. The van der Waals surface area contributed by atoms with E-state index < -0.39 is 0 Å². The Balaban J connectivity index is 1.97. The Labute approximate surface area is 123 Å². The Morgan fingerprint density at radius 1 is 1.30 bits per heavy atom. The quantitative estimate of drug-likeness (QED) is 0.864. The lowest BCUT2D eigenvalue weighted by molar-refractivity contribution is 0.247. The van der Waals surface area contributed by atoms with Crippen molar-refractivity contribution >= 4 is 0 Å². The minimum atomic E-state index is 0.542. The second kappa shape index (κ2) is 7.09. The van der Waals surface area contributed by atoms with Gasteiger partial charge in [-0.05, 0) is 38.1 Å². The first kappa shape index (κ1) is 15.3. The lowest BCUT2D eigenvalue weighted by Gasteiger charge is -2.30. The van der Waals surface area contributed by atoms with Gasteiger partial charge in [-0.2, -0.15) is 0 Å². The molecular formula is C17H28N2O. The van der Waals surface area contributed by atoms with E-state index in [4.69, 9.17) is 4.74 Å². The van der Waals surface area contributed by atoms with E-state index in [-0.39, 0.29) is 0 Å². The van der Waals surface area contributed by atoms with Crippen molar-refractivity contribution in [3.63, 3.8) is 0 Å². The molecule has 2 unspecified atom stereocenters. The van der Waals surface area contributed by atoms with E-state index in [1.165, 1.54) is 5.56 Å². The lowest BCUT2D eigenvalue weighted by atomic mass is 9.92. The maximum atomic E-state index is 5.74. The van der Waals surface area contributed by atoms with Crippen LogP contribution in [0.5, 0.6) is 5.75 Å². The van der Waals surface area contributed by atoms with E-state index in [1.54, 1.807) is 0 Å². The van der Waals surface area contributed by atoms with E-state index in [1.807, 2.05) is 0 Å². The third-order valence-corrected chi connectivity index (χ3v) is 4.08. The van der Waals surface area contributed by atoms with Gasteiger partial charge in [-0.25, -0.2) is 0 Å². The van der Waals surface area contributed by atoms with Crippen LogP contribution in [0.3, 0.4) is 0 Å². The second-order valence-electron chi connectivity index (χ2n) is 6.39. The van der Waals surface area contributed by atoms with Crippen LogP contribution in [0.4, 0.5) is 0 Å². The van der Waals surface area contributed by atoms with Gasteiger partial charge in [0.05, 0.1) is 6.61 Å². The number of nitrogens with zero attached hydrogens (tertiary/aromatic N) is 1. The van der Waals surface area contributed by atoms with Gasteiger partial charge in [0.1, 0.15) is 5.75 Å². The SMILES string of the molecule is CC(C)C(CN(C)C)NCC1CCOc2ccccc21. The Hall–Kier alpha value is -1.06. The van der Waals surface area contributed by atoms with Crippen LogP contribution in [0.2, 0.25) is 0 Å². The first-order valence-electron chi connectivity index (χ1n) is 7.67. The summed E-state index contributed by atoms with van der Waals surface area (Å²) in [5.74, 6) is 2.29. The molecule has 0 aliphatic carbocycles. The van der Waals surface area contributed by atoms with Gasteiger partial charge in [0.2, 0.25) is 0 Å². The number of benzene rings is 1. The molecule has 112 valence electrons. The number of nitrogens with one attached hydrogen (secondary N) is 1. The zero-order chi connectivity index (χ0) is 14.5. The van der Waals surface area contributed by atoms with E-state index in [0.29, 0.717) is 17.9 Å². The Bertz CT molecular complexity index is 417. The highest BCUT2D eigenvalue weighted by atomic mass is 16.5. The third-order valence-electron chi connectivity index (χ3n) is 4.08. The molecule has 0 saturated heterocycles. The van der Waals surface area contributed by atoms with Crippen molar-refractivity contribution < 1.29 is 4.74 Å². The highest BCUT2D eigenvalue weighted by Gasteiger charge is 2.22. The molecule has 0 spiro atoms. The molecule has 2 rings (SSSR count). The van der Waals surface area contributed by atoms with Gasteiger partial charge in [0.15, 0.2) is 0 Å². The lowest BCUT2D eigenvalue weighted by Crippen LogP contribution is -2.44. The van der Waals surface area contributed by atoms with Crippen molar-refractivity contribution in [2.45, 2.75) is 32.2 Å². The molecule has 0 aromatic heterocycles. The summed E-state index contributed by atoms with van der Waals surface area (Å²) < 4.78 is 5.74. The molecule has 2 atom stereocenters. The normalized spacial score (nSPS) is 19.8. The highest BCUT2D eigenvalue weighted by molar-refractivity contribution is 5.37. The van der Waals surface area contributed by atoms with Crippen molar-refractivity contribution in [1.29, 1.82) is 0 Å². The van der Waals surface area contributed by atoms with E-state index in [2.05, 4.69) is 62.4 Å². The summed E-state index contributed by atoms with van der Waals surface area (Å²) in [4.78, 5) is 2.26. The fourth-order valence-electron chi connectivity index (χ4n) is 2.83. The summed E-state index contributed by atoms with van der Waals surface area (Å²) in [6, 6.07) is 9.00. The molecule has 1 aliphatic rings. The molecule has 1 aromatic carbocycles. The van der Waals surface area contributed by atoms with Crippen LogP contribution < -0.4 is 10.1 Å². The summed E-state index contributed by atoms with van der Waals surface area (Å²) in [6.45, 7) is 7.54. The second-order valence-corrected chi connectivity index (χ2v) is 6.39. The topological polar surface area (TPSA) is 24.5 Å². The van der Waals surface area contributed by atoms with Crippen LogP contribution >= 0.6 is 0 Å². The Morgan fingerprint density at radius 3 is 2.75 bits per heavy atom. The largest absolute Gasteiger partial charge is 0.493 e. The first-order chi connectivity index (χ1) is 9.58. The van der Waals surface area contributed by atoms with Crippen molar-refractivity contribution in [2.24, 2.45) is 5.92 Å². The van der Waals surface area contributed by atoms with Crippen molar-refractivity contribution in [2.75, 3.05) is 33.8 Å². The molecule has 0 bridgehead atoms. The number of fused-ring (bicyclic) bond motifs is 1. The number of likely N-dealkylation sites (N-methyl/N-ethyl adjacent to an activating group) is 1. The summed E-state index contributed by atoms with van der Waals surface area (Å²) >= 11 is 0. The summed E-state index contributed by atoms with van der Waals surface area (Å²) in [7, 11) is 4.28. The van der Waals surface area contributed by atoms with Gasteiger partial charge < -0.3 is 15.0 Å². The van der Waals surface area contributed by atoms with Gasteiger partial charge in [-0.1, -0.05) is 32.0 Å². The van der Waals surface area contributed by atoms with Crippen molar-refractivity contribution in [1.82, 2.24) is 10.2 Å². The van der Waals surface area contributed by atoms with Gasteiger partial charge in [-0.15, -0.1) is 0 Å². The van der Waals surface area contributed by atoms with E-state index in [9.17, 15) is 0 Å². The zero-order valence-corrected chi connectivity index (χ0v) is 13.2. The molecule has 3 heteroatoms. The minimum Gasteiger partial charge on any atom is -0.493 e. The van der Waals surface area contributed by atoms with E-state index >= 15 is 0 Å². The molecule has 3 nitrogen and oxygen atoms in total. The maximum absolute atomic E-state index is 5.74. The van der Waals surface area contributed by atoms with Crippen LogP contribution in [0.1, 0.15) is 31.7 Å². The Kier molecular flexibility index (Phi) is 5.44. The van der Waals surface area contributed by atoms with Crippen LogP contribution in [0.25, 0.3) is 0 Å². The maximum Gasteiger partial charge on any atom is 0.122 e. The summed E-state index contributed by atoms with van der Waals surface area (Å²) in [6.07, 6.45) is 1.11. The fourth-order valence-corrected chi connectivity index (χ4v) is 2.83. The molecule has 0 fully saturated rings. The number of rotatable bonds is 6. The molecule has 1 aromatic rings. The molecule has 0 saturated carbocycles. The average molecular weight is 276 g/mol. The Morgan fingerprint density at radius 2 is 2.05 bits per heavy atom. The molecule has 1 N–H and O–H groups in total. The van der Waals surface area contributed by atoms with Crippen LogP contribution in [0, 0.1) is 5.92 Å². The van der Waals surface area contributed by atoms with Crippen molar-refractivity contribution in [3.05, 3.63) is 29.8 Å². The molecule has 0 radical (unpaired) electrons. The zero-order valence-electron chi connectivity index (χ0n) is 13.2. The van der Waals surface area contributed by atoms with Crippen LogP contribution in [0.15, 0.2) is 24.3 Å². The summed E-state index contributed by atoms with van der Waals surface area (Å²) in [5, 5.41) is 3.76.